The predicted octanol–water partition coefficient (Wildman–Crippen LogP) is 2.29. The number of nitrogens with zero attached hydrogens (tertiary/aromatic N) is 1. The molecule has 2 rings (SSSR count). The lowest BCUT2D eigenvalue weighted by Crippen LogP contribution is -2.40. The standard InChI is InChI=1S/C13H16N2O/c1-2-8-14-13(16)15-9-7-11-5-3-4-6-12(11)10-15/h2-6,8H,7,9-10H2,1H3,(H,14,16)/b8-2+. The van der Waals surface area contributed by atoms with Crippen LogP contribution in [0.5, 0.6) is 0 Å². The fourth-order valence-corrected chi connectivity index (χ4v) is 1.91. The highest BCUT2D eigenvalue weighted by Crippen LogP contribution is 2.18. The molecule has 0 saturated carbocycles. The number of hydrogen-bond donors (Lipinski definition) is 1. The Morgan fingerprint density at radius 2 is 2.12 bits per heavy atom. The zero-order valence-corrected chi connectivity index (χ0v) is 9.44. The van der Waals surface area contributed by atoms with Crippen LogP contribution in [0.3, 0.4) is 0 Å². The molecular formula is C13H16N2O. The summed E-state index contributed by atoms with van der Waals surface area (Å²) in [5.41, 5.74) is 2.61. The van der Waals surface area contributed by atoms with E-state index in [1.54, 1.807) is 6.20 Å². The maximum Gasteiger partial charge on any atom is 0.321 e. The van der Waals surface area contributed by atoms with Crippen molar-refractivity contribution in [3.63, 3.8) is 0 Å². The molecule has 0 radical (unpaired) electrons. The summed E-state index contributed by atoms with van der Waals surface area (Å²) in [7, 11) is 0. The first-order valence-electron chi connectivity index (χ1n) is 5.54. The van der Waals surface area contributed by atoms with E-state index in [1.807, 2.05) is 30.0 Å². The molecule has 16 heavy (non-hydrogen) atoms. The van der Waals surface area contributed by atoms with Gasteiger partial charge in [0, 0.05) is 19.3 Å². The van der Waals surface area contributed by atoms with Crippen LogP contribution in [0.2, 0.25) is 0 Å². The molecule has 0 aliphatic carbocycles. The number of allylic oxidation sites excluding steroid dienone is 1. The third kappa shape index (κ3) is 2.24. The number of fused-ring (bicyclic) bond motifs is 1. The second-order valence-corrected chi connectivity index (χ2v) is 3.89. The Hall–Kier alpha value is -1.77. The molecule has 0 fully saturated rings. The van der Waals surface area contributed by atoms with Crippen LogP contribution in [-0.2, 0) is 13.0 Å². The van der Waals surface area contributed by atoms with Crippen LogP contribution in [0.4, 0.5) is 4.79 Å². The minimum Gasteiger partial charge on any atom is -0.320 e. The highest BCUT2D eigenvalue weighted by molar-refractivity contribution is 5.75. The van der Waals surface area contributed by atoms with Crippen molar-refractivity contribution in [1.82, 2.24) is 10.2 Å². The monoisotopic (exact) mass is 216 g/mol. The summed E-state index contributed by atoms with van der Waals surface area (Å²) in [5, 5.41) is 2.74. The topological polar surface area (TPSA) is 32.3 Å². The van der Waals surface area contributed by atoms with Crippen molar-refractivity contribution in [3.8, 4) is 0 Å². The van der Waals surface area contributed by atoms with Crippen molar-refractivity contribution in [2.45, 2.75) is 19.9 Å². The van der Waals surface area contributed by atoms with E-state index in [1.165, 1.54) is 11.1 Å². The van der Waals surface area contributed by atoms with Crippen LogP contribution < -0.4 is 5.32 Å². The lowest BCUT2D eigenvalue weighted by atomic mass is 10.0. The average Bonchev–Trinajstić information content (AvgIpc) is 2.35. The Kier molecular flexibility index (Phi) is 3.25. The Labute approximate surface area is 95.8 Å². The van der Waals surface area contributed by atoms with E-state index in [0.717, 1.165) is 13.0 Å². The summed E-state index contributed by atoms with van der Waals surface area (Å²) in [5.74, 6) is 0. The van der Waals surface area contributed by atoms with Crippen molar-refractivity contribution in [1.29, 1.82) is 0 Å². The minimum absolute atomic E-state index is 0.0207. The van der Waals surface area contributed by atoms with Gasteiger partial charge in [0.15, 0.2) is 0 Å². The molecule has 1 heterocycles. The second-order valence-electron chi connectivity index (χ2n) is 3.89. The van der Waals surface area contributed by atoms with E-state index in [2.05, 4.69) is 17.4 Å². The van der Waals surface area contributed by atoms with Gasteiger partial charge in [-0.1, -0.05) is 30.3 Å². The smallest absolute Gasteiger partial charge is 0.320 e. The second kappa shape index (κ2) is 4.84. The van der Waals surface area contributed by atoms with Crippen LogP contribution in [0.1, 0.15) is 18.1 Å². The van der Waals surface area contributed by atoms with Crippen LogP contribution in [0.25, 0.3) is 0 Å². The molecule has 1 aliphatic rings. The van der Waals surface area contributed by atoms with E-state index in [0.29, 0.717) is 6.54 Å². The van der Waals surface area contributed by atoms with E-state index in [9.17, 15) is 4.79 Å². The lowest BCUT2D eigenvalue weighted by molar-refractivity contribution is 0.196. The molecule has 0 spiro atoms. The van der Waals surface area contributed by atoms with Gasteiger partial charge in [-0.25, -0.2) is 4.79 Å². The first kappa shape index (κ1) is 10.7. The van der Waals surface area contributed by atoms with Gasteiger partial charge in [-0.2, -0.15) is 0 Å². The molecular weight excluding hydrogens is 200 g/mol. The zero-order valence-electron chi connectivity index (χ0n) is 9.44. The fourth-order valence-electron chi connectivity index (χ4n) is 1.91. The van der Waals surface area contributed by atoms with Gasteiger partial charge in [-0.05, 0) is 24.5 Å². The SMILES string of the molecule is C/C=C/NC(=O)N1CCc2ccccc2C1. The molecule has 1 aliphatic heterocycles. The van der Waals surface area contributed by atoms with Crippen molar-refractivity contribution in [2.75, 3.05) is 6.54 Å². The number of carbonyl (C=O) groups is 1. The first-order valence-corrected chi connectivity index (χ1v) is 5.54. The van der Waals surface area contributed by atoms with Crippen LogP contribution in [0.15, 0.2) is 36.5 Å². The quantitative estimate of drug-likeness (QED) is 0.767. The van der Waals surface area contributed by atoms with Gasteiger partial charge in [0.2, 0.25) is 0 Å². The average molecular weight is 216 g/mol. The lowest BCUT2D eigenvalue weighted by Gasteiger charge is -2.28. The third-order valence-electron chi connectivity index (χ3n) is 2.79. The van der Waals surface area contributed by atoms with Crippen molar-refractivity contribution in [2.24, 2.45) is 0 Å². The number of amides is 2. The summed E-state index contributed by atoms with van der Waals surface area (Å²) in [6, 6.07) is 8.27. The third-order valence-corrected chi connectivity index (χ3v) is 2.79. The first-order chi connectivity index (χ1) is 7.81. The Morgan fingerprint density at radius 1 is 1.38 bits per heavy atom. The van der Waals surface area contributed by atoms with Crippen LogP contribution in [-0.4, -0.2) is 17.5 Å². The van der Waals surface area contributed by atoms with Crippen molar-refractivity contribution < 1.29 is 4.79 Å². The number of nitrogens with one attached hydrogen (secondary N) is 1. The highest BCUT2D eigenvalue weighted by atomic mass is 16.2. The van der Waals surface area contributed by atoms with Crippen molar-refractivity contribution in [3.05, 3.63) is 47.7 Å². The Bertz CT molecular complexity index is 412. The summed E-state index contributed by atoms with van der Waals surface area (Å²) in [6.07, 6.45) is 4.43. The maximum atomic E-state index is 11.7. The van der Waals surface area contributed by atoms with Gasteiger partial charge in [0.05, 0.1) is 0 Å². The predicted molar refractivity (Wildman–Crippen MR) is 63.9 cm³/mol. The molecule has 84 valence electrons. The van der Waals surface area contributed by atoms with Gasteiger partial charge in [-0.15, -0.1) is 0 Å². The summed E-state index contributed by atoms with van der Waals surface area (Å²) >= 11 is 0. The fraction of sp³-hybridized carbons (Fsp3) is 0.308. The van der Waals surface area contributed by atoms with Gasteiger partial charge < -0.3 is 10.2 Å². The molecule has 2 amide bonds. The molecule has 0 saturated heterocycles. The number of urea groups is 1. The van der Waals surface area contributed by atoms with Gasteiger partial charge in [0.25, 0.3) is 0 Å². The molecule has 3 nitrogen and oxygen atoms in total. The number of hydrogen-bond acceptors (Lipinski definition) is 1. The largest absolute Gasteiger partial charge is 0.321 e. The molecule has 0 atom stereocenters. The van der Waals surface area contributed by atoms with E-state index in [-0.39, 0.29) is 6.03 Å². The highest BCUT2D eigenvalue weighted by Gasteiger charge is 2.19. The Morgan fingerprint density at radius 3 is 2.88 bits per heavy atom. The zero-order chi connectivity index (χ0) is 11.4. The Balaban J connectivity index is 2.05. The molecule has 3 heteroatoms. The summed E-state index contributed by atoms with van der Waals surface area (Å²) in [6.45, 7) is 3.38. The number of benzene rings is 1. The normalized spacial score (nSPS) is 14.9. The molecule has 1 aromatic carbocycles. The van der Waals surface area contributed by atoms with Crippen LogP contribution >= 0.6 is 0 Å². The molecule has 0 bridgehead atoms. The van der Waals surface area contributed by atoms with Gasteiger partial charge in [0.1, 0.15) is 0 Å². The summed E-state index contributed by atoms with van der Waals surface area (Å²) in [4.78, 5) is 13.6. The van der Waals surface area contributed by atoms with Gasteiger partial charge in [-0.3, -0.25) is 0 Å². The molecule has 1 aromatic rings. The number of rotatable bonds is 1. The summed E-state index contributed by atoms with van der Waals surface area (Å²) < 4.78 is 0. The maximum absolute atomic E-state index is 11.7. The molecule has 0 aromatic heterocycles. The van der Waals surface area contributed by atoms with E-state index < -0.39 is 0 Å². The molecule has 0 unspecified atom stereocenters. The van der Waals surface area contributed by atoms with Crippen molar-refractivity contribution >= 4 is 6.03 Å². The van der Waals surface area contributed by atoms with E-state index >= 15 is 0 Å². The number of carbonyl (C=O) groups excluding carboxylic acids is 1. The minimum atomic E-state index is -0.0207. The van der Waals surface area contributed by atoms with Gasteiger partial charge >= 0.3 is 6.03 Å². The molecule has 1 N–H and O–H groups in total. The van der Waals surface area contributed by atoms with E-state index in [4.69, 9.17) is 0 Å². The van der Waals surface area contributed by atoms with Crippen LogP contribution in [0, 0.1) is 0 Å².